The lowest BCUT2D eigenvalue weighted by Gasteiger charge is -2.17. The first kappa shape index (κ1) is 12.4. The standard InChI is InChI=1S/C9H17N2O3P/c1-4-13-15(12,14-5-2)8-11-9(3)6-7-10-11/h6-7H,4-5,8H2,1-3H3. The highest BCUT2D eigenvalue weighted by molar-refractivity contribution is 7.52. The van der Waals surface area contributed by atoms with E-state index in [0.717, 1.165) is 5.69 Å². The maximum Gasteiger partial charge on any atom is 0.351 e. The largest absolute Gasteiger partial charge is 0.351 e. The SMILES string of the molecule is CCOP(=O)(Cn1nccc1C)OCC. The summed E-state index contributed by atoms with van der Waals surface area (Å²) in [6, 6.07) is 1.85. The first-order valence-corrected chi connectivity index (χ1v) is 6.70. The van der Waals surface area contributed by atoms with E-state index in [-0.39, 0.29) is 6.29 Å². The highest BCUT2D eigenvalue weighted by Crippen LogP contribution is 2.49. The molecule has 0 atom stereocenters. The minimum absolute atomic E-state index is 0.174. The lowest BCUT2D eigenvalue weighted by molar-refractivity contribution is 0.213. The van der Waals surface area contributed by atoms with Gasteiger partial charge in [0.1, 0.15) is 6.29 Å². The number of aryl methyl sites for hydroxylation is 1. The van der Waals surface area contributed by atoms with Crippen LogP contribution in [0.25, 0.3) is 0 Å². The van der Waals surface area contributed by atoms with Gasteiger partial charge in [-0.1, -0.05) is 0 Å². The lowest BCUT2D eigenvalue weighted by Crippen LogP contribution is -2.07. The van der Waals surface area contributed by atoms with Gasteiger partial charge in [-0.05, 0) is 26.8 Å². The third-order valence-corrected chi connectivity index (χ3v) is 3.81. The zero-order chi connectivity index (χ0) is 11.3. The molecule has 0 fully saturated rings. The summed E-state index contributed by atoms with van der Waals surface area (Å²) < 4.78 is 24.1. The monoisotopic (exact) mass is 232 g/mol. The predicted molar refractivity (Wildman–Crippen MR) is 57.8 cm³/mol. The number of hydrogen-bond acceptors (Lipinski definition) is 4. The summed E-state index contributed by atoms with van der Waals surface area (Å²) in [5.74, 6) is 0. The van der Waals surface area contributed by atoms with E-state index in [1.807, 2.05) is 13.0 Å². The molecule has 0 saturated carbocycles. The third-order valence-electron chi connectivity index (χ3n) is 1.89. The Morgan fingerprint density at radius 3 is 2.40 bits per heavy atom. The summed E-state index contributed by atoms with van der Waals surface area (Å²) in [6.07, 6.45) is 1.84. The molecule has 1 heterocycles. The quantitative estimate of drug-likeness (QED) is 0.707. The van der Waals surface area contributed by atoms with Crippen LogP contribution in [0.5, 0.6) is 0 Å². The molecule has 0 spiro atoms. The van der Waals surface area contributed by atoms with E-state index < -0.39 is 7.60 Å². The molecule has 86 valence electrons. The van der Waals surface area contributed by atoms with Gasteiger partial charge in [0.15, 0.2) is 0 Å². The molecule has 0 aromatic carbocycles. The molecule has 0 N–H and O–H groups in total. The Morgan fingerprint density at radius 1 is 1.40 bits per heavy atom. The Labute approximate surface area is 89.9 Å². The maximum atomic E-state index is 12.1. The van der Waals surface area contributed by atoms with Gasteiger partial charge in [0.05, 0.1) is 13.2 Å². The van der Waals surface area contributed by atoms with Crippen molar-refractivity contribution in [2.75, 3.05) is 13.2 Å². The van der Waals surface area contributed by atoms with E-state index in [4.69, 9.17) is 9.05 Å². The molecule has 1 aromatic heterocycles. The van der Waals surface area contributed by atoms with E-state index in [9.17, 15) is 4.57 Å². The van der Waals surface area contributed by atoms with E-state index in [2.05, 4.69) is 5.10 Å². The summed E-state index contributed by atoms with van der Waals surface area (Å²) in [5.41, 5.74) is 0.939. The van der Waals surface area contributed by atoms with Gasteiger partial charge in [-0.15, -0.1) is 0 Å². The first-order valence-electron chi connectivity index (χ1n) is 4.98. The van der Waals surface area contributed by atoms with Crippen molar-refractivity contribution >= 4 is 7.60 Å². The van der Waals surface area contributed by atoms with Gasteiger partial charge >= 0.3 is 7.60 Å². The van der Waals surface area contributed by atoms with Gasteiger partial charge in [0, 0.05) is 11.9 Å². The Kier molecular flexibility index (Phi) is 4.51. The van der Waals surface area contributed by atoms with Crippen LogP contribution in [0.1, 0.15) is 19.5 Å². The molecule has 6 heteroatoms. The van der Waals surface area contributed by atoms with Gasteiger partial charge in [-0.25, -0.2) is 0 Å². The van der Waals surface area contributed by atoms with E-state index in [1.54, 1.807) is 24.7 Å². The molecule has 0 saturated heterocycles. The van der Waals surface area contributed by atoms with Crippen LogP contribution in [0.4, 0.5) is 0 Å². The van der Waals surface area contributed by atoms with Crippen molar-refractivity contribution in [2.45, 2.75) is 27.1 Å². The van der Waals surface area contributed by atoms with E-state index in [1.165, 1.54) is 0 Å². The van der Waals surface area contributed by atoms with Crippen molar-refractivity contribution in [1.29, 1.82) is 0 Å². The lowest BCUT2D eigenvalue weighted by atomic mass is 10.5. The van der Waals surface area contributed by atoms with Crippen molar-refractivity contribution < 1.29 is 13.6 Å². The van der Waals surface area contributed by atoms with Crippen LogP contribution < -0.4 is 0 Å². The Balaban J connectivity index is 2.75. The van der Waals surface area contributed by atoms with Gasteiger partial charge in [-0.3, -0.25) is 9.25 Å². The first-order chi connectivity index (χ1) is 7.11. The molecule has 0 radical (unpaired) electrons. The highest BCUT2D eigenvalue weighted by Gasteiger charge is 2.24. The Morgan fingerprint density at radius 2 is 2.00 bits per heavy atom. The number of nitrogens with zero attached hydrogens (tertiary/aromatic N) is 2. The minimum Gasteiger partial charge on any atom is -0.308 e. The van der Waals surface area contributed by atoms with Gasteiger partial charge < -0.3 is 9.05 Å². The number of aromatic nitrogens is 2. The van der Waals surface area contributed by atoms with Crippen LogP contribution in [0.3, 0.4) is 0 Å². The van der Waals surface area contributed by atoms with Crippen molar-refractivity contribution in [3.05, 3.63) is 18.0 Å². The fourth-order valence-electron chi connectivity index (χ4n) is 1.22. The van der Waals surface area contributed by atoms with Gasteiger partial charge in [0.2, 0.25) is 0 Å². The molecular formula is C9H17N2O3P. The van der Waals surface area contributed by atoms with Gasteiger partial charge in [0.25, 0.3) is 0 Å². The normalized spacial score (nSPS) is 11.9. The molecule has 5 nitrogen and oxygen atoms in total. The number of hydrogen-bond donors (Lipinski definition) is 0. The average Bonchev–Trinajstić information content (AvgIpc) is 2.52. The molecular weight excluding hydrogens is 215 g/mol. The maximum absolute atomic E-state index is 12.1. The molecule has 0 amide bonds. The van der Waals surface area contributed by atoms with Crippen LogP contribution in [0.2, 0.25) is 0 Å². The molecule has 15 heavy (non-hydrogen) atoms. The summed E-state index contributed by atoms with van der Waals surface area (Å²) in [4.78, 5) is 0. The zero-order valence-electron chi connectivity index (χ0n) is 9.34. The van der Waals surface area contributed by atoms with Gasteiger partial charge in [-0.2, -0.15) is 5.10 Å². The second kappa shape index (κ2) is 5.45. The highest BCUT2D eigenvalue weighted by atomic mass is 31.2. The predicted octanol–water partition coefficient (Wildman–Crippen LogP) is 2.42. The van der Waals surface area contributed by atoms with Crippen LogP contribution >= 0.6 is 7.60 Å². The zero-order valence-corrected chi connectivity index (χ0v) is 10.2. The van der Waals surface area contributed by atoms with E-state index >= 15 is 0 Å². The van der Waals surface area contributed by atoms with Crippen LogP contribution in [-0.4, -0.2) is 23.0 Å². The third kappa shape index (κ3) is 3.45. The van der Waals surface area contributed by atoms with E-state index in [0.29, 0.717) is 13.2 Å². The van der Waals surface area contributed by atoms with Crippen molar-refractivity contribution in [2.24, 2.45) is 0 Å². The summed E-state index contributed by atoms with van der Waals surface area (Å²) in [6.45, 7) is 6.23. The van der Waals surface area contributed by atoms with Crippen molar-refractivity contribution in [3.8, 4) is 0 Å². The van der Waals surface area contributed by atoms with Crippen LogP contribution in [0.15, 0.2) is 12.3 Å². The Bertz CT molecular complexity index is 341. The van der Waals surface area contributed by atoms with Crippen molar-refractivity contribution in [3.63, 3.8) is 0 Å². The minimum atomic E-state index is -3.03. The number of rotatable bonds is 6. The second-order valence-electron chi connectivity index (χ2n) is 3.06. The van der Waals surface area contributed by atoms with Crippen LogP contribution in [-0.2, 0) is 19.9 Å². The smallest absolute Gasteiger partial charge is 0.308 e. The second-order valence-corrected chi connectivity index (χ2v) is 5.08. The fourth-order valence-corrected chi connectivity index (χ4v) is 2.87. The fraction of sp³-hybridized carbons (Fsp3) is 0.667. The summed E-state index contributed by atoms with van der Waals surface area (Å²) in [5, 5.41) is 4.05. The molecule has 0 bridgehead atoms. The molecule has 0 unspecified atom stereocenters. The topological polar surface area (TPSA) is 53.4 Å². The molecule has 0 aliphatic heterocycles. The van der Waals surface area contributed by atoms with Crippen LogP contribution in [0, 0.1) is 6.92 Å². The molecule has 0 aliphatic rings. The summed E-state index contributed by atoms with van der Waals surface area (Å²) >= 11 is 0. The Hall–Kier alpha value is -0.640. The molecule has 1 aromatic rings. The van der Waals surface area contributed by atoms with Crippen molar-refractivity contribution in [1.82, 2.24) is 9.78 Å². The summed E-state index contributed by atoms with van der Waals surface area (Å²) in [7, 11) is -3.03. The average molecular weight is 232 g/mol. The molecule has 0 aliphatic carbocycles. The molecule has 1 rings (SSSR count).